The number of hydrogen-bond donors (Lipinski definition) is 3. The number of nitrogens with two attached hydrogens (primary N) is 1. The Kier molecular flexibility index (Phi) is 9.03. The van der Waals surface area contributed by atoms with E-state index in [0.29, 0.717) is 37.6 Å². The van der Waals surface area contributed by atoms with Gasteiger partial charge in [0.25, 0.3) is 5.91 Å². The van der Waals surface area contributed by atoms with E-state index < -0.39 is 17.6 Å². The minimum atomic E-state index is -4.68. The molecule has 1 aliphatic heterocycles. The van der Waals surface area contributed by atoms with Gasteiger partial charge in [-0.2, -0.15) is 13.2 Å². The standard InChI is InChI=1S/C29H31F3N6O2/c1-2-27(39)36-21-9-7-19(8-10-21)11-12-34-28(40)20-15-24(22-18-35-25(33)17-23(22)29(30,31)32)37-26(16-20)38-13-5-3-4-6-14-38/h2,7-10,15-18H,1,3-6,11-14H2,(H2,33,35)(H,34,40)(H,36,39). The minimum absolute atomic E-state index is 0.00359. The van der Waals surface area contributed by atoms with E-state index in [2.05, 4.69) is 27.2 Å². The lowest BCUT2D eigenvalue weighted by molar-refractivity contribution is -0.137. The van der Waals surface area contributed by atoms with Crippen LogP contribution in [0.1, 0.15) is 47.2 Å². The van der Waals surface area contributed by atoms with E-state index in [4.69, 9.17) is 5.73 Å². The van der Waals surface area contributed by atoms with Crippen LogP contribution in [0.15, 0.2) is 61.3 Å². The summed E-state index contributed by atoms with van der Waals surface area (Å²) in [5.74, 6) is -0.541. The molecule has 1 saturated heterocycles. The molecule has 0 atom stereocenters. The van der Waals surface area contributed by atoms with Crippen molar-refractivity contribution < 1.29 is 22.8 Å². The Hall–Kier alpha value is -4.41. The predicted octanol–water partition coefficient (Wildman–Crippen LogP) is 5.22. The van der Waals surface area contributed by atoms with Crippen LogP contribution >= 0.6 is 0 Å². The summed E-state index contributed by atoms with van der Waals surface area (Å²) < 4.78 is 41.7. The zero-order valence-electron chi connectivity index (χ0n) is 21.9. The van der Waals surface area contributed by atoms with Crippen molar-refractivity contribution >= 4 is 29.1 Å². The summed E-state index contributed by atoms with van der Waals surface area (Å²) in [4.78, 5) is 35.1. The first kappa shape index (κ1) is 28.6. The molecule has 210 valence electrons. The average molecular weight is 553 g/mol. The van der Waals surface area contributed by atoms with Crippen LogP contribution in [0.2, 0.25) is 0 Å². The van der Waals surface area contributed by atoms with Crippen molar-refractivity contribution in [3.05, 3.63) is 78.0 Å². The molecule has 2 aromatic heterocycles. The Morgan fingerprint density at radius 1 is 1.05 bits per heavy atom. The molecule has 8 nitrogen and oxygen atoms in total. The molecule has 0 radical (unpaired) electrons. The number of amides is 2. The lowest BCUT2D eigenvalue weighted by Gasteiger charge is -2.23. The Morgan fingerprint density at radius 2 is 1.75 bits per heavy atom. The molecule has 40 heavy (non-hydrogen) atoms. The summed E-state index contributed by atoms with van der Waals surface area (Å²) in [6.07, 6.45) is 2.05. The van der Waals surface area contributed by atoms with Crippen LogP contribution < -0.4 is 21.3 Å². The molecule has 0 bridgehead atoms. The van der Waals surface area contributed by atoms with Gasteiger partial charge in [-0.05, 0) is 61.2 Å². The maximum Gasteiger partial charge on any atom is 0.417 e. The van der Waals surface area contributed by atoms with E-state index in [1.54, 1.807) is 18.2 Å². The number of carbonyl (C=O) groups is 2. The summed E-state index contributed by atoms with van der Waals surface area (Å²) in [5.41, 5.74) is 6.12. The molecule has 2 amide bonds. The first-order chi connectivity index (χ1) is 19.1. The number of halogens is 3. The van der Waals surface area contributed by atoms with Crippen LogP contribution in [-0.2, 0) is 17.4 Å². The van der Waals surface area contributed by atoms with E-state index >= 15 is 0 Å². The van der Waals surface area contributed by atoms with E-state index in [-0.39, 0.29) is 28.5 Å². The van der Waals surface area contributed by atoms with Gasteiger partial charge in [0.1, 0.15) is 11.6 Å². The number of rotatable bonds is 8. The molecule has 3 aromatic rings. The Labute approximate surface area is 230 Å². The lowest BCUT2D eigenvalue weighted by Crippen LogP contribution is -2.28. The quantitative estimate of drug-likeness (QED) is 0.330. The van der Waals surface area contributed by atoms with Crippen molar-refractivity contribution in [1.29, 1.82) is 0 Å². The van der Waals surface area contributed by atoms with Crippen molar-refractivity contribution in [1.82, 2.24) is 15.3 Å². The summed E-state index contributed by atoms with van der Waals surface area (Å²) in [6, 6.07) is 10.9. The van der Waals surface area contributed by atoms with Crippen molar-refractivity contribution in [2.75, 3.05) is 35.6 Å². The van der Waals surface area contributed by atoms with Crippen LogP contribution in [0.4, 0.5) is 30.5 Å². The highest BCUT2D eigenvalue weighted by atomic mass is 19.4. The van der Waals surface area contributed by atoms with Crippen LogP contribution in [0.5, 0.6) is 0 Å². The van der Waals surface area contributed by atoms with Crippen molar-refractivity contribution in [3.63, 3.8) is 0 Å². The highest BCUT2D eigenvalue weighted by molar-refractivity contribution is 5.99. The van der Waals surface area contributed by atoms with Crippen LogP contribution in [0.3, 0.4) is 0 Å². The summed E-state index contributed by atoms with van der Waals surface area (Å²) in [6.45, 7) is 5.12. The largest absolute Gasteiger partial charge is 0.417 e. The summed E-state index contributed by atoms with van der Waals surface area (Å²) >= 11 is 0. The number of anilines is 3. The molecule has 1 fully saturated rings. The topological polar surface area (TPSA) is 113 Å². The number of nitrogen functional groups attached to an aromatic ring is 1. The number of nitrogens with zero attached hydrogens (tertiary/aromatic N) is 3. The molecule has 3 heterocycles. The second-order valence-corrected chi connectivity index (χ2v) is 9.55. The molecule has 0 unspecified atom stereocenters. The number of benzene rings is 1. The van der Waals surface area contributed by atoms with E-state index in [9.17, 15) is 22.8 Å². The number of nitrogens with one attached hydrogen (secondary N) is 2. The lowest BCUT2D eigenvalue weighted by atomic mass is 10.0. The minimum Gasteiger partial charge on any atom is -0.384 e. The zero-order chi connectivity index (χ0) is 28.7. The first-order valence-corrected chi connectivity index (χ1v) is 13.0. The van der Waals surface area contributed by atoms with E-state index in [0.717, 1.165) is 43.5 Å². The zero-order valence-corrected chi connectivity index (χ0v) is 21.9. The van der Waals surface area contributed by atoms with E-state index in [1.807, 2.05) is 17.0 Å². The third-order valence-corrected chi connectivity index (χ3v) is 6.62. The number of aromatic nitrogens is 2. The van der Waals surface area contributed by atoms with Gasteiger partial charge in [0.15, 0.2) is 0 Å². The van der Waals surface area contributed by atoms with Gasteiger partial charge in [-0.25, -0.2) is 9.97 Å². The second-order valence-electron chi connectivity index (χ2n) is 9.55. The second kappa shape index (κ2) is 12.6. The Balaban J connectivity index is 1.57. The Morgan fingerprint density at radius 3 is 2.40 bits per heavy atom. The Bertz CT molecular complexity index is 1370. The third kappa shape index (κ3) is 7.37. The molecular weight excluding hydrogens is 521 g/mol. The maximum absolute atomic E-state index is 13.9. The number of pyridine rings is 2. The van der Waals surface area contributed by atoms with Gasteiger partial charge in [-0.1, -0.05) is 31.6 Å². The fraction of sp³-hybridized carbons (Fsp3) is 0.310. The molecule has 0 aliphatic carbocycles. The van der Waals surface area contributed by atoms with Gasteiger partial charge >= 0.3 is 6.18 Å². The van der Waals surface area contributed by atoms with Crippen LogP contribution in [0.25, 0.3) is 11.3 Å². The molecular formula is C29H31F3N6O2. The van der Waals surface area contributed by atoms with Crippen molar-refractivity contribution in [2.24, 2.45) is 0 Å². The monoisotopic (exact) mass is 552 g/mol. The van der Waals surface area contributed by atoms with Gasteiger partial charge < -0.3 is 21.3 Å². The third-order valence-electron chi connectivity index (χ3n) is 6.62. The van der Waals surface area contributed by atoms with Crippen LogP contribution in [-0.4, -0.2) is 41.4 Å². The van der Waals surface area contributed by atoms with Gasteiger partial charge in [0.2, 0.25) is 5.91 Å². The molecule has 0 saturated carbocycles. The number of hydrogen-bond acceptors (Lipinski definition) is 6. The molecule has 4 N–H and O–H groups in total. The average Bonchev–Trinajstić information content (AvgIpc) is 3.23. The van der Waals surface area contributed by atoms with Crippen molar-refractivity contribution in [3.8, 4) is 11.3 Å². The van der Waals surface area contributed by atoms with Crippen molar-refractivity contribution in [2.45, 2.75) is 38.3 Å². The predicted molar refractivity (Wildman–Crippen MR) is 149 cm³/mol. The molecule has 1 aromatic carbocycles. The molecule has 1 aliphatic rings. The van der Waals surface area contributed by atoms with Gasteiger partial charge in [-0.3, -0.25) is 9.59 Å². The summed E-state index contributed by atoms with van der Waals surface area (Å²) in [5, 5.41) is 5.52. The van der Waals surface area contributed by atoms with Gasteiger partial charge in [0.05, 0.1) is 11.3 Å². The number of alkyl halides is 3. The SMILES string of the molecule is C=CC(=O)Nc1ccc(CCNC(=O)c2cc(-c3cnc(N)cc3C(F)(F)F)nc(N3CCCCCC3)c2)cc1. The fourth-order valence-corrected chi connectivity index (χ4v) is 4.53. The molecule has 0 spiro atoms. The fourth-order valence-electron chi connectivity index (χ4n) is 4.53. The number of carbonyl (C=O) groups excluding carboxylic acids is 2. The van der Waals surface area contributed by atoms with Gasteiger partial charge in [-0.15, -0.1) is 0 Å². The normalized spacial score (nSPS) is 13.8. The maximum atomic E-state index is 13.9. The smallest absolute Gasteiger partial charge is 0.384 e. The van der Waals surface area contributed by atoms with Gasteiger partial charge in [0, 0.05) is 42.6 Å². The molecule has 4 rings (SSSR count). The first-order valence-electron chi connectivity index (χ1n) is 13.0. The molecule has 11 heteroatoms. The highest BCUT2D eigenvalue weighted by Crippen LogP contribution is 2.38. The van der Waals surface area contributed by atoms with Crippen LogP contribution in [0, 0.1) is 0 Å². The summed E-state index contributed by atoms with van der Waals surface area (Å²) in [7, 11) is 0. The highest BCUT2D eigenvalue weighted by Gasteiger charge is 2.35. The van der Waals surface area contributed by atoms with E-state index in [1.165, 1.54) is 12.1 Å².